The molecule has 0 radical (unpaired) electrons. The molecule has 6 heteroatoms. The molecule has 0 spiro atoms. The molecule has 1 fully saturated rings. The van der Waals surface area contributed by atoms with Gasteiger partial charge in [-0.1, -0.05) is 12.1 Å². The molecule has 0 unspecified atom stereocenters. The fraction of sp³-hybridized carbons (Fsp3) is 0.222. The second kappa shape index (κ2) is 4.99. The highest BCUT2D eigenvalue weighted by Gasteiger charge is 2.22. The summed E-state index contributed by atoms with van der Waals surface area (Å²) in [5.74, 6) is 0.669. The molecule has 0 amide bonds. The van der Waals surface area contributed by atoms with Gasteiger partial charge in [-0.25, -0.2) is 15.0 Å². The monoisotopic (exact) mass is 316 g/mol. The van der Waals surface area contributed by atoms with Crippen LogP contribution in [0.4, 0.5) is 5.95 Å². The summed E-state index contributed by atoms with van der Waals surface area (Å²) < 4.78 is 0. The molecular weight excluding hydrogens is 300 g/mol. The van der Waals surface area contributed by atoms with E-state index in [1.54, 1.807) is 6.20 Å². The minimum atomic E-state index is 0.510. The van der Waals surface area contributed by atoms with Gasteiger partial charge in [0, 0.05) is 34.8 Å². The van der Waals surface area contributed by atoms with Crippen molar-refractivity contribution in [1.29, 1.82) is 0 Å². The molecule has 0 bridgehead atoms. The van der Waals surface area contributed by atoms with Crippen molar-refractivity contribution < 1.29 is 0 Å². The van der Waals surface area contributed by atoms with Crippen LogP contribution in [-0.4, -0.2) is 31.2 Å². The SMILES string of the molecule is Cc1ccc2c(c1)nc(-c1cn[nH]c1)c1nc(NC3CC3)ncc12. The van der Waals surface area contributed by atoms with Gasteiger partial charge in [0.25, 0.3) is 0 Å². The van der Waals surface area contributed by atoms with Crippen LogP contribution in [0.5, 0.6) is 0 Å². The van der Waals surface area contributed by atoms with Crippen molar-refractivity contribution in [1.82, 2.24) is 25.1 Å². The van der Waals surface area contributed by atoms with Gasteiger partial charge in [0.05, 0.1) is 11.7 Å². The summed E-state index contributed by atoms with van der Waals surface area (Å²) in [6.07, 6.45) is 7.89. The highest BCUT2D eigenvalue weighted by Crippen LogP contribution is 2.32. The van der Waals surface area contributed by atoms with E-state index in [0.717, 1.165) is 33.1 Å². The van der Waals surface area contributed by atoms with Crippen LogP contribution in [0.2, 0.25) is 0 Å². The second-order valence-electron chi connectivity index (χ2n) is 6.34. The number of aromatic amines is 1. The molecule has 3 heterocycles. The highest BCUT2D eigenvalue weighted by atomic mass is 15.1. The number of rotatable bonds is 3. The van der Waals surface area contributed by atoms with E-state index in [1.807, 2.05) is 12.4 Å². The van der Waals surface area contributed by atoms with Crippen LogP contribution < -0.4 is 5.32 Å². The molecule has 4 aromatic rings. The predicted molar refractivity (Wildman–Crippen MR) is 93.8 cm³/mol. The van der Waals surface area contributed by atoms with Gasteiger partial charge >= 0.3 is 0 Å². The molecule has 5 rings (SSSR count). The Morgan fingerprint density at radius 2 is 2.04 bits per heavy atom. The number of aromatic nitrogens is 5. The van der Waals surface area contributed by atoms with Crippen molar-refractivity contribution in [2.45, 2.75) is 25.8 Å². The van der Waals surface area contributed by atoms with Crippen LogP contribution >= 0.6 is 0 Å². The maximum absolute atomic E-state index is 4.86. The van der Waals surface area contributed by atoms with E-state index in [0.29, 0.717) is 12.0 Å². The number of nitrogens with zero attached hydrogens (tertiary/aromatic N) is 4. The van der Waals surface area contributed by atoms with Crippen molar-refractivity contribution >= 4 is 27.8 Å². The first-order chi connectivity index (χ1) is 11.8. The number of pyridine rings is 1. The Labute approximate surface area is 138 Å². The van der Waals surface area contributed by atoms with E-state index in [-0.39, 0.29) is 0 Å². The van der Waals surface area contributed by atoms with E-state index in [4.69, 9.17) is 9.97 Å². The largest absolute Gasteiger partial charge is 0.351 e. The molecule has 1 aliphatic carbocycles. The third-order valence-electron chi connectivity index (χ3n) is 4.37. The maximum atomic E-state index is 4.86. The topological polar surface area (TPSA) is 79.4 Å². The minimum absolute atomic E-state index is 0.510. The van der Waals surface area contributed by atoms with Crippen molar-refractivity contribution in [3.63, 3.8) is 0 Å². The predicted octanol–water partition coefficient (Wildman–Crippen LogP) is 3.45. The number of anilines is 1. The van der Waals surface area contributed by atoms with Gasteiger partial charge in [0.15, 0.2) is 0 Å². The summed E-state index contributed by atoms with van der Waals surface area (Å²) in [7, 11) is 0. The molecule has 0 aliphatic heterocycles. The summed E-state index contributed by atoms with van der Waals surface area (Å²) in [4.78, 5) is 14.1. The fourth-order valence-corrected chi connectivity index (χ4v) is 2.96. The lowest BCUT2D eigenvalue weighted by atomic mass is 10.1. The van der Waals surface area contributed by atoms with E-state index < -0.39 is 0 Å². The lowest BCUT2D eigenvalue weighted by Gasteiger charge is -2.10. The number of H-pyrrole nitrogens is 1. The van der Waals surface area contributed by atoms with Crippen LogP contribution in [0, 0.1) is 6.92 Å². The second-order valence-corrected chi connectivity index (χ2v) is 6.34. The molecule has 24 heavy (non-hydrogen) atoms. The number of hydrogen-bond donors (Lipinski definition) is 2. The first kappa shape index (κ1) is 13.4. The lowest BCUT2D eigenvalue weighted by molar-refractivity contribution is 1.07. The number of hydrogen-bond acceptors (Lipinski definition) is 5. The summed E-state index contributed by atoms with van der Waals surface area (Å²) >= 11 is 0. The fourth-order valence-electron chi connectivity index (χ4n) is 2.96. The smallest absolute Gasteiger partial charge is 0.223 e. The summed E-state index contributed by atoms with van der Waals surface area (Å²) in [5.41, 5.74) is 4.74. The van der Waals surface area contributed by atoms with E-state index in [2.05, 4.69) is 45.6 Å². The van der Waals surface area contributed by atoms with Gasteiger partial charge in [0.2, 0.25) is 5.95 Å². The Hall–Kier alpha value is -3.02. The first-order valence-corrected chi connectivity index (χ1v) is 8.11. The number of nitrogens with one attached hydrogen (secondary N) is 2. The van der Waals surface area contributed by atoms with Crippen LogP contribution in [-0.2, 0) is 0 Å². The molecule has 0 atom stereocenters. The minimum Gasteiger partial charge on any atom is -0.351 e. The number of benzene rings is 1. The average molecular weight is 316 g/mol. The molecule has 2 N–H and O–H groups in total. The number of fused-ring (bicyclic) bond motifs is 3. The highest BCUT2D eigenvalue weighted by molar-refractivity contribution is 6.09. The van der Waals surface area contributed by atoms with Gasteiger partial charge in [-0.3, -0.25) is 5.10 Å². The van der Waals surface area contributed by atoms with Crippen molar-refractivity contribution in [2.24, 2.45) is 0 Å². The summed E-state index contributed by atoms with van der Waals surface area (Å²) in [5, 5.41) is 12.4. The molecule has 3 aromatic heterocycles. The quantitative estimate of drug-likeness (QED) is 0.566. The van der Waals surface area contributed by atoms with Crippen molar-refractivity contribution in [3.05, 3.63) is 42.4 Å². The molecule has 1 aliphatic rings. The molecule has 1 saturated carbocycles. The van der Waals surface area contributed by atoms with Crippen LogP contribution in [0.25, 0.3) is 33.1 Å². The van der Waals surface area contributed by atoms with Crippen molar-refractivity contribution in [2.75, 3.05) is 5.32 Å². The standard InChI is InChI=1S/C18H16N6/c1-10-2-5-13-14-9-19-18(22-12-3-4-12)24-17(14)16(23-15(13)6-10)11-7-20-21-8-11/h2,5-9,12H,3-4H2,1H3,(H,20,21)(H,19,22,24). The Kier molecular flexibility index (Phi) is 2.79. The Morgan fingerprint density at radius 3 is 2.83 bits per heavy atom. The normalized spacial score (nSPS) is 14.4. The van der Waals surface area contributed by atoms with Crippen molar-refractivity contribution in [3.8, 4) is 11.3 Å². The number of aryl methyl sites for hydroxylation is 1. The molecule has 118 valence electrons. The maximum Gasteiger partial charge on any atom is 0.223 e. The zero-order chi connectivity index (χ0) is 16.1. The molecule has 6 nitrogen and oxygen atoms in total. The van der Waals surface area contributed by atoms with Gasteiger partial charge < -0.3 is 5.32 Å². The van der Waals surface area contributed by atoms with E-state index >= 15 is 0 Å². The zero-order valence-electron chi connectivity index (χ0n) is 13.2. The first-order valence-electron chi connectivity index (χ1n) is 8.11. The third kappa shape index (κ3) is 2.19. The molecule has 1 aromatic carbocycles. The Bertz CT molecular complexity index is 1050. The van der Waals surface area contributed by atoms with Crippen LogP contribution in [0.15, 0.2) is 36.8 Å². The van der Waals surface area contributed by atoms with Gasteiger partial charge in [-0.05, 0) is 31.4 Å². The van der Waals surface area contributed by atoms with Gasteiger partial charge in [-0.15, -0.1) is 0 Å². The third-order valence-corrected chi connectivity index (χ3v) is 4.37. The zero-order valence-corrected chi connectivity index (χ0v) is 13.2. The lowest BCUT2D eigenvalue weighted by Crippen LogP contribution is -2.05. The van der Waals surface area contributed by atoms with Gasteiger partial charge in [-0.2, -0.15) is 5.10 Å². The van der Waals surface area contributed by atoms with E-state index in [9.17, 15) is 0 Å². The molecule has 0 saturated heterocycles. The van der Waals surface area contributed by atoms with Crippen LogP contribution in [0.3, 0.4) is 0 Å². The molecular formula is C18H16N6. The van der Waals surface area contributed by atoms with Crippen LogP contribution in [0.1, 0.15) is 18.4 Å². The average Bonchev–Trinajstić information content (AvgIpc) is 3.23. The Morgan fingerprint density at radius 1 is 1.12 bits per heavy atom. The van der Waals surface area contributed by atoms with E-state index in [1.165, 1.54) is 18.4 Å². The summed E-state index contributed by atoms with van der Waals surface area (Å²) in [6.45, 7) is 2.07. The Balaban J connectivity index is 1.83. The van der Waals surface area contributed by atoms with Gasteiger partial charge in [0.1, 0.15) is 11.2 Å². The summed E-state index contributed by atoms with van der Waals surface area (Å²) in [6, 6.07) is 6.79.